The maximum Gasteiger partial charge on any atom is 0.416 e. The molecule has 0 radical (unpaired) electrons. The fraction of sp³-hybridized carbons (Fsp3) is 0.129. The third-order valence-electron chi connectivity index (χ3n) is 6.34. The zero-order valence-corrected chi connectivity index (χ0v) is 22.1. The van der Waals surface area contributed by atoms with Crippen LogP contribution < -0.4 is 15.2 Å². The molecule has 6 nitrogen and oxygen atoms in total. The number of fused-ring (bicyclic) bond motifs is 1. The predicted octanol–water partition coefficient (Wildman–Crippen LogP) is 6.75. The lowest BCUT2D eigenvalue weighted by Crippen LogP contribution is -2.20. The summed E-state index contributed by atoms with van der Waals surface area (Å²) in [5.74, 6) is 0.0311. The number of alkyl halides is 3. The van der Waals surface area contributed by atoms with Gasteiger partial charge in [0.25, 0.3) is 5.56 Å². The molecular weight excluding hydrogens is 536 g/mol. The number of nitrogens with zero attached hydrogens (tertiary/aromatic N) is 4. The van der Waals surface area contributed by atoms with E-state index in [1.54, 1.807) is 48.5 Å². The van der Waals surface area contributed by atoms with E-state index < -0.39 is 17.3 Å². The van der Waals surface area contributed by atoms with E-state index in [9.17, 15) is 22.4 Å². The van der Waals surface area contributed by atoms with E-state index in [4.69, 9.17) is 4.74 Å². The molecule has 0 N–H and O–H groups in total. The van der Waals surface area contributed by atoms with Crippen molar-refractivity contribution in [1.82, 2.24) is 9.66 Å². The Kier molecular flexibility index (Phi) is 7.56. The summed E-state index contributed by atoms with van der Waals surface area (Å²) in [7, 11) is 3.74. The van der Waals surface area contributed by atoms with E-state index in [0.717, 1.165) is 28.1 Å². The van der Waals surface area contributed by atoms with Crippen molar-refractivity contribution in [3.05, 3.63) is 124 Å². The summed E-state index contributed by atoms with van der Waals surface area (Å²) in [6.07, 6.45) is -3.18. The number of hydrogen-bond acceptors (Lipinski definition) is 5. The molecule has 0 atom stereocenters. The van der Waals surface area contributed by atoms with E-state index in [0.29, 0.717) is 16.8 Å². The van der Waals surface area contributed by atoms with Gasteiger partial charge in [0, 0.05) is 37.0 Å². The van der Waals surface area contributed by atoms with Gasteiger partial charge in [-0.3, -0.25) is 4.79 Å². The quantitative estimate of drug-likeness (QED) is 0.163. The molecule has 10 heteroatoms. The Morgan fingerprint density at radius 1 is 0.951 bits per heavy atom. The first-order valence-electron chi connectivity index (χ1n) is 12.5. The highest BCUT2D eigenvalue weighted by Gasteiger charge is 2.31. The summed E-state index contributed by atoms with van der Waals surface area (Å²) in [5.41, 5.74) is 1.08. The SMILES string of the molecule is CN(C)c1ccc(C=Nn2c(-c3cccc(C(F)(F)F)c3)nc3ccccc3c2=O)c(OCc2ccc(F)cc2)c1. The fourth-order valence-electron chi connectivity index (χ4n) is 4.15. The second-order valence-corrected chi connectivity index (χ2v) is 9.42. The Labute approximate surface area is 232 Å². The molecule has 5 rings (SSSR count). The highest BCUT2D eigenvalue weighted by Crippen LogP contribution is 2.32. The number of para-hydroxylation sites is 1. The Bertz CT molecular complexity index is 1800. The Balaban J connectivity index is 1.60. The van der Waals surface area contributed by atoms with Crippen LogP contribution in [0.2, 0.25) is 0 Å². The van der Waals surface area contributed by atoms with Crippen LogP contribution in [0.5, 0.6) is 5.75 Å². The number of ether oxygens (including phenoxy) is 1. The molecule has 0 bridgehead atoms. The molecule has 0 unspecified atom stereocenters. The lowest BCUT2D eigenvalue weighted by Gasteiger charge is -2.16. The molecular formula is C31H24F4N4O2. The van der Waals surface area contributed by atoms with Crippen molar-refractivity contribution in [2.45, 2.75) is 12.8 Å². The first-order valence-corrected chi connectivity index (χ1v) is 12.5. The molecule has 0 spiro atoms. The van der Waals surface area contributed by atoms with E-state index in [1.807, 2.05) is 25.1 Å². The van der Waals surface area contributed by atoms with Crippen molar-refractivity contribution >= 4 is 22.8 Å². The topological polar surface area (TPSA) is 59.7 Å². The van der Waals surface area contributed by atoms with Crippen molar-refractivity contribution in [1.29, 1.82) is 0 Å². The van der Waals surface area contributed by atoms with Gasteiger partial charge in [-0.05, 0) is 54.1 Å². The Morgan fingerprint density at radius 3 is 2.44 bits per heavy atom. The van der Waals surface area contributed by atoms with Crippen molar-refractivity contribution in [3.8, 4) is 17.1 Å². The number of anilines is 1. The summed E-state index contributed by atoms with van der Waals surface area (Å²) >= 11 is 0. The van der Waals surface area contributed by atoms with Gasteiger partial charge < -0.3 is 9.64 Å². The molecule has 0 fully saturated rings. The van der Waals surface area contributed by atoms with Crippen molar-refractivity contribution in [2.24, 2.45) is 5.10 Å². The van der Waals surface area contributed by atoms with E-state index in [2.05, 4.69) is 10.1 Å². The maximum atomic E-state index is 13.5. The molecule has 0 amide bonds. The molecule has 1 heterocycles. The third kappa shape index (κ3) is 6.11. The minimum atomic E-state index is -4.58. The number of hydrogen-bond donors (Lipinski definition) is 0. The fourth-order valence-corrected chi connectivity index (χ4v) is 4.15. The van der Waals surface area contributed by atoms with Gasteiger partial charge in [-0.2, -0.15) is 22.9 Å². The zero-order valence-electron chi connectivity index (χ0n) is 22.1. The van der Waals surface area contributed by atoms with Crippen LogP contribution in [0.4, 0.5) is 23.2 Å². The van der Waals surface area contributed by atoms with Crippen molar-refractivity contribution < 1.29 is 22.3 Å². The number of benzene rings is 4. The molecule has 4 aromatic carbocycles. The summed E-state index contributed by atoms with van der Waals surface area (Å²) in [5, 5.41) is 4.65. The molecule has 5 aromatic rings. The maximum absolute atomic E-state index is 13.5. The van der Waals surface area contributed by atoms with Crippen LogP contribution in [0, 0.1) is 5.82 Å². The lowest BCUT2D eigenvalue weighted by molar-refractivity contribution is -0.137. The largest absolute Gasteiger partial charge is 0.488 e. The second-order valence-electron chi connectivity index (χ2n) is 9.42. The number of halogens is 4. The third-order valence-corrected chi connectivity index (χ3v) is 6.34. The van der Waals surface area contributed by atoms with Gasteiger partial charge in [0.1, 0.15) is 18.2 Å². The Morgan fingerprint density at radius 2 is 1.71 bits per heavy atom. The van der Waals surface area contributed by atoms with Gasteiger partial charge in [-0.15, -0.1) is 0 Å². The second kappa shape index (κ2) is 11.2. The summed E-state index contributed by atoms with van der Waals surface area (Å²) in [6.45, 7) is 0.144. The number of rotatable bonds is 7. The zero-order chi connectivity index (χ0) is 29.1. The highest BCUT2D eigenvalue weighted by atomic mass is 19.4. The standard InChI is InChI=1S/C31H24F4N4O2/c1-38(2)25-15-12-22(28(17-25)41-19-20-10-13-24(32)14-11-20)18-36-39-29(21-6-5-7-23(16-21)31(33,34)35)37-27-9-4-3-8-26(27)30(39)40/h3-18H,19H2,1-2H3. The molecule has 0 aliphatic heterocycles. The Hall–Kier alpha value is -4.99. The van der Waals surface area contributed by atoms with Crippen LogP contribution in [0.25, 0.3) is 22.3 Å². The average Bonchev–Trinajstić information content (AvgIpc) is 2.96. The summed E-state index contributed by atoms with van der Waals surface area (Å²) in [4.78, 5) is 19.9. The molecule has 0 aliphatic rings. The first-order chi connectivity index (χ1) is 19.6. The molecule has 1 aromatic heterocycles. The molecule has 41 heavy (non-hydrogen) atoms. The van der Waals surface area contributed by atoms with E-state index >= 15 is 0 Å². The van der Waals surface area contributed by atoms with Crippen LogP contribution in [0.1, 0.15) is 16.7 Å². The molecule has 0 saturated carbocycles. The van der Waals surface area contributed by atoms with Gasteiger partial charge in [0.15, 0.2) is 5.82 Å². The summed E-state index contributed by atoms with van der Waals surface area (Å²) < 4.78 is 60.8. The van der Waals surface area contributed by atoms with Crippen LogP contribution in [-0.2, 0) is 12.8 Å². The molecule has 0 saturated heterocycles. The highest BCUT2D eigenvalue weighted by molar-refractivity contribution is 5.85. The van der Waals surface area contributed by atoms with Crippen LogP contribution >= 0.6 is 0 Å². The lowest BCUT2D eigenvalue weighted by atomic mass is 10.1. The van der Waals surface area contributed by atoms with E-state index in [-0.39, 0.29) is 29.2 Å². The van der Waals surface area contributed by atoms with Crippen molar-refractivity contribution in [3.63, 3.8) is 0 Å². The monoisotopic (exact) mass is 560 g/mol. The smallest absolute Gasteiger partial charge is 0.416 e. The minimum Gasteiger partial charge on any atom is -0.488 e. The number of aromatic nitrogens is 2. The van der Waals surface area contributed by atoms with E-state index in [1.165, 1.54) is 30.5 Å². The van der Waals surface area contributed by atoms with Gasteiger partial charge in [-0.25, -0.2) is 9.37 Å². The predicted molar refractivity (Wildman–Crippen MR) is 151 cm³/mol. The van der Waals surface area contributed by atoms with Crippen molar-refractivity contribution in [2.75, 3.05) is 19.0 Å². The average molecular weight is 561 g/mol. The van der Waals surface area contributed by atoms with Gasteiger partial charge in [0.2, 0.25) is 0 Å². The minimum absolute atomic E-state index is 0.0465. The summed E-state index contributed by atoms with van der Waals surface area (Å²) in [6, 6.07) is 22.4. The first kappa shape index (κ1) is 27.6. The van der Waals surface area contributed by atoms with Crippen LogP contribution in [0.3, 0.4) is 0 Å². The van der Waals surface area contributed by atoms with Gasteiger partial charge in [-0.1, -0.05) is 36.4 Å². The molecule has 208 valence electrons. The van der Waals surface area contributed by atoms with Gasteiger partial charge >= 0.3 is 6.18 Å². The van der Waals surface area contributed by atoms with Crippen LogP contribution in [-0.4, -0.2) is 30.0 Å². The normalized spacial score (nSPS) is 11.8. The van der Waals surface area contributed by atoms with Gasteiger partial charge in [0.05, 0.1) is 22.7 Å². The molecule has 0 aliphatic carbocycles. The van der Waals surface area contributed by atoms with Crippen LogP contribution in [0.15, 0.2) is 101 Å².